The highest BCUT2D eigenvalue weighted by atomic mass is 19.1. The molecule has 0 spiro atoms. The van der Waals surface area contributed by atoms with Crippen LogP contribution in [-0.4, -0.2) is 13.0 Å². The van der Waals surface area contributed by atoms with Gasteiger partial charge < -0.3 is 10.1 Å². The predicted molar refractivity (Wildman–Crippen MR) is 75.9 cm³/mol. The minimum Gasteiger partial charge on any atom is -0.494 e. The third kappa shape index (κ3) is 2.05. The molecule has 4 heteroatoms. The van der Waals surface area contributed by atoms with Gasteiger partial charge >= 0.3 is 0 Å². The molecule has 0 aromatic heterocycles. The number of rotatable bonds is 2. The first-order valence-corrected chi connectivity index (χ1v) is 6.15. The molecule has 1 amide bonds. The zero-order chi connectivity index (χ0) is 14.1. The van der Waals surface area contributed by atoms with Gasteiger partial charge in [-0.3, -0.25) is 4.79 Å². The van der Waals surface area contributed by atoms with Crippen LogP contribution in [0.4, 0.5) is 10.1 Å². The van der Waals surface area contributed by atoms with Crippen LogP contribution in [0.3, 0.4) is 0 Å². The molecule has 2 aromatic carbocycles. The van der Waals surface area contributed by atoms with E-state index < -0.39 is 5.82 Å². The number of amides is 1. The van der Waals surface area contributed by atoms with Crippen molar-refractivity contribution < 1.29 is 13.9 Å². The summed E-state index contributed by atoms with van der Waals surface area (Å²) in [4.78, 5) is 11.9. The van der Waals surface area contributed by atoms with Crippen molar-refractivity contribution in [1.82, 2.24) is 0 Å². The maximum atomic E-state index is 13.7. The molecule has 1 heterocycles. The molecule has 0 aliphatic carbocycles. The van der Waals surface area contributed by atoms with Crippen LogP contribution < -0.4 is 10.1 Å². The molecule has 1 aliphatic heterocycles. The topological polar surface area (TPSA) is 38.3 Å². The predicted octanol–water partition coefficient (Wildman–Crippen LogP) is 3.33. The number of halogens is 1. The number of benzene rings is 2. The standard InChI is InChI=1S/C16H12FNO2/c1-20-15-7-6-10(9-13(15)17)8-12-11-4-2-3-5-14(11)18-16(12)19/h2-9H,1H3,(H,18,19). The van der Waals surface area contributed by atoms with Gasteiger partial charge in [0.25, 0.3) is 5.91 Å². The van der Waals surface area contributed by atoms with Gasteiger partial charge in [-0.05, 0) is 29.8 Å². The number of para-hydroxylation sites is 1. The third-order valence-electron chi connectivity index (χ3n) is 3.20. The van der Waals surface area contributed by atoms with E-state index in [1.807, 2.05) is 24.3 Å². The fourth-order valence-corrected chi connectivity index (χ4v) is 2.22. The van der Waals surface area contributed by atoms with Crippen LogP contribution in [0, 0.1) is 5.82 Å². The summed E-state index contributed by atoms with van der Waals surface area (Å²) in [5, 5.41) is 2.78. The molecule has 0 bridgehead atoms. The lowest BCUT2D eigenvalue weighted by Crippen LogP contribution is -2.03. The molecular formula is C16H12FNO2. The molecule has 20 heavy (non-hydrogen) atoms. The van der Waals surface area contributed by atoms with Crippen molar-refractivity contribution in [2.45, 2.75) is 0 Å². The number of methoxy groups -OCH3 is 1. The highest BCUT2D eigenvalue weighted by molar-refractivity contribution is 6.34. The minimum atomic E-state index is -0.450. The average molecular weight is 269 g/mol. The molecule has 0 radical (unpaired) electrons. The second-order valence-corrected chi connectivity index (χ2v) is 4.45. The van der Waals surface area contributed by atoms with Crippen molar-refractivity contribution in [1.29, 1.82) is 0 Å². The van der Waals surface area contributed by atoms with Crippen LogP contribution in [0.15, 0.2) is 42.5 Å². The Morgan fingerprint density at radius 1 is 1.20 bits per heavy atom. The Balaban J connectivity index is 2.04. The van der Waals surface area contributed by atoms with Gasteiger partial charge in [0.1, 0.15) is 0 Å². The lowest BCUT2D eigenvalue weighted by atomic mass is 10.0. The van der Waals surface area contributed by atoms with Gasteiger partial charge in [-0.1, -0.05) is 24.3 Å². The summed E-state index contributed by atoms with van der Waals surface area (Å²) in [5.41, 5.74) is 2.75. The van der Waals surface area contributed by atoms with Crippen LogP contribution in [-0.2, 0) is 4.79 Å². The molecule has 100 valence electrons. The van der Waals surface area contributed by atoms with Crippen LogP contribution >= 0.6 is 0 Å². The van der Waals surface area contributed by atoms with E-state index in [4.69, 9.17) is 4.74 Å². The summed E-state index contributed by atoms with van der Waals surface area (Å²) in [6.45, 7) is 0. The molecule has 0 saturated carbocycles. The fourth-order valence-electron chi connectivity index (χ4n) is 2.22. The van der Waals surface area contributed by atoms with Gasteiger partial charge in [0.2, 0.25) is 0 Å². The number of carbonyl (C=O) groups is 1. The SMILES string of the molecule is COc1ccc(C=C2C(=O)Nc3ccccc32)cc1F. The van der Waals surface area contributed by atoms with Crippen molar-refractivity contribution in [3.8, 4) is 5.75 Å². The van der Waals surface area contributed by atoms with Crippen molar-refractivity contribution >= 4 is 23.2 Å². The van der Waals surface area contributed by atoms with Gasteiger partial charge in [-0.25, -0.2) is 4.39 Å². The fraction of sp³-hybridized carbons (Fsp3) is 0.0625. The first kappa shape index (κ1) is 12.4. The minimum absolute atomic E-state index is 0.178. The van der Waals surface area contributed by atoms with Crippen molar-refractivity contribution in [2.75, 3.05) is 12.4 Å². The molecule has 3 rings (SSSR count). The molecule has 2 aromatic rings. The highest BCUT2D eigenvalue weighted by Gasteiger charge is 2.23. The summed E-state index contributed by atoms with van der Waals surface area (Å²) in [6, 6.07) is 12.0. The second kappa shape index (κ2) is 4.81. The van der Waals surface area contributed by atoms with E-state index in [2.05, 4.69) is 5.32 Å². The van der Waals surface area contributed by atoms with Crippen LogP contribution in [0.25, 0.3) is 11.6 Å². The second-order valence-electron chi connectivity index (χ2n) is 4.45. The first-order valence-electron chi connectivity index (χ1n) is 6.15. The highest BCUT2D eigenvalue weighted by Crippen LogP contribution is 2.33. The van der Waals surface area contributed by atoms with Crippen molar-refractivity contribution in [3.05, 3.63) is 59.4 Å². The summed E-state index contributed by atoms with van der Waals surface area (Å²) < 4.78 is 18.5. The Bertz CT molecular complexity index is 722. The van der Waals surface area contributed by atoms with Crippen LogP contribution in [0.2, 0.25) is 0 Å². The summed E-state index contributed by atoms with van der Waals surface area (Å²) in [6.07, 6.45) is 1.67. The number of ether oxygens (including phenoxy) is 1. The molecule has 0 unspecified atom stereocenters. The molecule has 1 aliphatic rings. The molecule has 0 atom stereocenters. The van der Waals surface area contributed by atoms with E-state index in [1.165, 1.54) is 13.2 Å². The zero-order valence-corrected chi connectivity index (χ0v) is 10.8. The quantitative estimate of drug-likeness (QED) is 0.849. The number of hydrogen-bond acceptors (Lipinski definition) is 2. The van der Waals surface area contributed by atoms with E-state index in [0.29, 0.717) is 11.1 Å². The number of fused-ring (bicyclic) bond motifs is 1. The smallest absolute Gasteiger partial charge is 0.256 e. The molecule has 0 fully saturated rings. The summed E-state index contributed by atoms with van der Waals surface area (Å²) in [7, 11) is 1.41. The van der Waals surface area contributed by atoms with E-state index in [0.717, 1.165) is 11.3 Å². The average Bonchev–Trinajstić information content (AvgIpc) is 2.76. The normalized spacial score (nSPS) is 15.1. The maximum Gasteiger partial charge on any atom is 0.256 e. The molecular weight excluding hydrogens is 257 g/mol. The Hall–Kier alpha value is -2.62. The van der Waals surface area contributed by atoms with E-state index >= 15 is 0 Å². The molecule has 0 saturated heterocycles. The van der Waals surface area contributed by atoms with Crippen LogP contribution in [0.1, 0.15) is 11.1 Å². The van der Waals surface area contributed by atoms with Gasteiger partial charge in [-0.2, -0.15) is 0 Å². The molecule has 1 N–H and O–H groups in total. The Morgan fingerprint density at radius 2 is 2.00 bits per heavy atom. The van der Waals surface area contributed by atoms with E-state index in [1.54, 1.807) is 18.2 Å². The largest absolute Gasteiger partial charge is 0.494 e. The lowest BCUT2D eigenvalue weighted by molar-refractivity contribution is -0.110. The van der Waals surface area contributed by atoms with Crippen molar-refractivity contribution in [2.24, 2.45) is 0 Å². The summed E-state index contributed by atoms with van der Waals surface area (Å²) >= 11 is 0. The Morgan fingerprint density at radius 3 is 2.75 bits per heavy atom. The van der Waals surface area contributed by atoms with E-state index in [9.17, 15) is 9.18 Å². The zero-order valence-electron chi connectivity index (χ0n) is 10.8. The number of carbonyl (C=O) groups excluding carboxylic acids is 1. The van der Waals surface area contributed by atoms with Gasteiger partial charge in [-0.15, -0.1) is 0 Å². The molecule has 3 nitrogen and oxygen atoms in total. The summed E-state index contributed by atoms with van der Waals surface area (Å²) in [5.74, 6) is -0.445. The maximum absolute atomic E-state index is 13.7. The third-order valence-corrected chi connectivity index (χ3v) is 3.20. The van der Waals surface area contributed by atoms with Gasteiger partial charge in [0.15, 0.2) is 11.6 Å². The lowest BCUT2D eigenvalue weighted by Gasteiger charge is -2.03. The van der Waals surface area contributed by atoms with Gasteiger partial charge in [0.05, 0.1) is 7.11 Å². The van der Waals surface area contributed by atoms with Crippen molar-refractivity contribution in [3.63, 3.8) is 0 Å². The number of hydrogen-bond donors (Lipinski definition) is 1. The Labute approximate surface area is 115 Å². The van der Waals surface area contributed by atoms with Gasteiger partial charge in [0, 0.05) is 16.8 Å². The Kier molecular flexibility index (Phi) is 2.99. The van der Waals surface area contributed by atoms with E-state index in [-0.39, 0.29) is 11.7 Å². The number of nitrogens with one attached hydrogen (secondary N) is 1. The van der Waals surface area contributed by atoms with Crippen LogP contribution in [0.5, 0.6) is 5.75 Å². The monoisotopic (exact) mass is 269 g/mol. The number of anilines is 1. The first-order chi connectivity index (χ1) is 9.69.